The summed E-state index contributed by atoms with van der Waals surface area (Å²) >= 11 is 0. The molecular formula is C18H34N2O3. The molecule has 2 N–H and O–H groups in total. The molecule has 0 aliphatic carbocycles. The maximum atomic E-state index is 11.0. The third-order valence-electron chi connectivity index (χ3n) is 3.99. The number of likely N-dealkylation sites (N-methyl/N-ethyl adjacent to an activating group) is 1. The summed E-state index contributed by atoms with van der Waals surface area (Å²) in [6, 6.07) is 0.116. The summed E-state index contributed by atoms with van der Waals surface area (Å²) in [6.45, 7) is 2.47. The molecule has 0 aromatic carbocycles. The number of allylic oxidation sites excluding steroid dienone is 2. The van der Waals surface area contributed by atoms with Gasteiger partial charge >= 0.3 is 6.09 Å². The Labute approximate surface area is 141 Å². The Morgan fingerprint density at radius 2 is 1.78 bits per heavy atom. The molecule has 134 valence electrons. The van der Waals surface area contributed by atoms with Gasteiger partial charge in [0.1, 0.15) is 6.29 Å². The SMILES string of the molecule is CCC=CCCCCCCCCC(CN(CC=O)C(=O)O)NC. The number of aldehydes is 1. The lowest BCUT2D eigenvalue weighted by Gasteiger charge is -2.23. The number of carboxylic acid groups (broad SMARTS) is 1. The van der Waals surface area contributed by atoms with Crippen LogP contribution < -0.4 is 5.32 Å². The van der Waals surface area contributed by atoms with Crippen LogP contribution in [0.4, 0.5) is 4.79 Å². The van der Waals surface area contributed by atoms with Crippen LogP contribution in [0.5, 0.6) is 0 Å². The molecule has 0 aliphatic rings. The van der Waals surface area contributed by atoms with Crippen LogP contribution >= 0.6 is 0 Å². The van der Waals surface area contributed by atoms with Crippen LogP contribution in [0.2, 0.25) is 0 Å². The number of unbranched alkanes of at least 4 members (excludes halogenated alkanes) is 6. The maximum Gasteiger partial charge on any atom is 0.407 e. The van der Waals surface area contributed by atoms with Crippen molar-refractivity contribution in [3.63, 3.8) is 0 Å². The van der Waals surface area contributed by atoms with Gasteiger partial charge in [-0.15, -0.1) is 0 Å². The minimum absolute atomic E-state index is 0.0556. The van der Waals surface area contributed by atoms with Crippen molar-refractivity contribution < 1.29 is 14.7 Å². The molecule has 0 aromatic heterocycles. The quantitative estimate of drug-likeness (QED) is 0.272. The molecule has 5 heteroatoms. The number of nitrogens with one attached hydrogen (secondary N) is 1. The van der Waals surface area contributed by atoms with Crippen LogP contribution in [-0.4, -0.2) is 48.6 Å². The molecule has 0 fully saturated rings. The van der Waals surface area contributed by atoms with Gasteiger partial charge in [-0.1, -0.05) is 51.2 Å². The van der Waals surface area contributed by atoms with Crippen LogP contribution in [-0.2, 0) is 4.79 Å². The van der Waals surface area contributed by atoms with Crippen molar-refractivity contribution in [3.8, 4) is 0 Å². The van der Waals surface area contributed by atoms with Gasteiger partial charge in [-0.3, -0.25) is 4.90 Å². The fraction of sp³-hybridized carbons (Fsp3) is 0.778. The average molecular weight is 326 g/mol. The summed E-state index contributed by atoms with van der Waals surface area (Å²) in [4.78, 5) is 22.7. The van der Waals surface area contributed by atoms with Gasteiger partial charge in [-0.05, 0) is 32.7 Å². The Bertz CT molecular complexity index is 332. The Balaban J connectivity index is 3.69. The zero-order valence-corrected chi connectivity index (χ0v) is 14.8. The van der Waals surface area contributed by atoms with Crippen LogP contribution in [0.3, 0.4) is 0 Å². The molecule has 0 radical (unpaired) electrons. The standard InChI is InChI=1S/C18H34N2O3/c1-3-4-5-6-7-8-9-10-11-12-13-17(19-2)16-20(14-15-21)18(22)23/h4-5,15,17,19H,3,6-14,16H2,1-2H3,(H,22,23). The zero-order valence-electron chi connectivity index (χ0n) is 14.8. The summed E-state index contributed by atoms with van der Waals surface area (Å²) in [5.74, 6) is 0. The van der Waals surface area contributed by atoms with E-state index in [1.54, 1.807) is 0 Å². The molecular weight excluding hydrogens is 292 g/mol. The lowest BCUT2D eigenvalue weighted by Crippen LogP contribution is -2.42. The molecule has 0 saturated heterocycles. The maximum absolute atomic E-state index is 11.0. The van der Waals surface area contributed by atoms with Crippen molar-refractivity contribution in [2.75, 3.05) is 20.1 Å². The van der Waals surface area contributed by atoms with Gasteiger partial charge in [0.15, 0.2) is 0 Å². The predicted molar refractivity (Wildman–Crippen MR) is 94.9 cm³/mol. The fourth-order valence-corrected chi connectivity index (χ4v) is 2.56. The van der Waals surface area contributed by atoms with E-state index in [4.69, 9.17) is 5.11 Å². The summed E-state index contributed by atoms with van der Waals surface area (Å²) in [7, 11) is 1.84. The second-order valence-corrected chi connectivity index (χ2v) is 5.92. The number of carbonyl (C=O) groups excluding carboxylic acids is 1. The number of rotatable bonds is 15. The van der Waals surface area contributed by atoms with Gasteiger partial charge < -0.3 is 15.2 Å². The van der Waals surface area contributed by atoms with E-state index in [2.05, 4.69) is 24.4 Å². The largest absolute Gasteiger partial charge is 0.465 e. The molecule has 23 heavy (non-hydrogen) atoms. The Morgan fingerprint density at radius 1 is 1.13 bits per heavy atom. The Kier molecular flexibility index (Phi) is 14.6. The highest BCUT2D eigenvalue weighted by molar-refractivity contribution is 5.69. The van der Waals surface area contributed by atoms with Crippen molar-refractivity contribution in [3.05, 3.63) is 12.2 Å². The van der Waals surface area contributed by atoms with Crippen molar-refractivity contribution in [2.45, 2.75) is 70.8 Å². The van der Waals surface area contributed by atoms with Gasteiger partial charge in [0.05, 0.1) is 6.54 Å². The average Bonchev–Trinajstić information content (AvgIpc) is 2.54. The molecule has 0 rings (SSSR count). The summed E-state index contributed by atoms with van der Waals surface area (Å²) in [5.41, 5.74) is 0. The van der Waals surface area contributed by atoms with E-state index in [1.807, 2.05) is 7.05 Å². The number of carbonyl (C=O) groups is 2. The van der Waals surface area contributed by atoms with E-state index in [9.17, 15) is 9.59 Å². The molecule has 0 saturated carbocycles. The first-order valence-corrected chi connectivity index (χ1v) is 8.89. The van der Waals surface area contributed by atoms with Crippen LogP contribution in [0.15, 0.2) is 12.2 Å². The number of hydrogen-bond donors (Lipinski definition) is 2. The summed E-state index contributed by atoms with van der Waals surface area (Å²) in [5, 5.41) is 12.2. The fourth-order valence-electron chi connectivity index (χ4n) is 2.56. The summed E-state index contributed by atoms with van der Waals surface area (Å²) in [6.07, 6.45) is 14.7. The topological polar surface area (TPSA) is 69.6 Å². The highest BCUT2D eigenvalue weighted by Crippen LogP contribution is 2.11. The first-order valence-electron chi connectivity index (χ1n) is 8.89. The molecule has 1 unspecified atom stereocenters. The molecule has 1 amide bonds. The van der Waals surface area contributed by atoms with Crippen molar-refractivity contribution in [1.29, 1.82) is 0 Å². The Hall–Kier alpha value is -1.36. The van der Waals surface area contributed by atoms with Gasteiger partial charge in [-0.2, -0.15) is 0 Å². The van der Waals surface area contributed by atoms with Crippen LogP contribution in [0, 0.1) is 0 Å². The molecule has 1 atom stereocenters. The van der Waals surface area contributed by atoms with Gasteiger partial charge in [0.25, 0.3) is 0 Å². The van der Waals surface area contributed by atoms with E-state index in [0.29, 0.717) is 12.8 Å². The third-order valence-corrected chi connectivity index (χ3v) is 3.99. The van der Waals surface area contributed by atoms with Crippen molar-refractivity contribution in [1.82, 2.24) is 10.2 Å². The summed E-state index contributed by atoms with van der Waals surface area (Å²) < 4.78 is 0. The van der Waals surface area contributed by atoms with E-state index >= 15 is 0 Å². The van der Waals surface area contributed by atoms with Gasteiger partial charge in [0, 0.05) is 12.6 Å². The predicted octanol–water partition coefficient (Wildman–Crippen LogP) is 3.84. The van der Waals surface area contributed by atoms with E-state index < -0.39 is 6.09 Å². The highest BCUT2D eigenvalue weighted by Gasteiger charge is 2.16. The minimum atomic E-state index is -1.03. The molecule has 0 aliphatic heterocycles. The lowest BCUT2D eigenvalue weighted by atomic mass is 10.0. The first-order chi connectivity index (χ1) is 11.2. The van der Waals surface area contributed by atoms with Gasteiger partial charge in [0.2, 0.25) is 0 Å². The van der Waals surface area contributed by atoms with E-state index in [1.165, 1.54) is 38.5 Å². The first kappa shape index (κ1) is 21.6. The zero-order chi connectivity index (χ0) is 17.3. The third kappa shape index (κ3) is 12.8. The second-order valence-electron chi connectivity index (χ2n) is 5.92. The number of amides is 1. The van der Waals surface area contributed by atoms with Crippen molar-refractivity contribution in [2.24, 2.45) is 0 Å². The number of hydrogen-bond acceptors (Lipinski definition) is 3. The molecule has 0 heterocycles. The van der Waals surface area contributed by atoms with Crippen LogP contribution in [0.1, 0.15) is 64.7 Å². The monoisotopic (exact) mass is 326 g/mol. The lowest BCUT2D eigenvalue weighted by molar-refractivity contribution is -0.108. The van der Waals surface area contributed by atoms with Gasteiger partial charge in [-0.25, -0.2) is 4.79 Å². The Morgan fingerprint density at radius 3 is 2.35 bits per heavy atom. The second kappa shape index (κ2) is 15.5. The van der Waals surface area contributed by atoms with E-state index in [0.717, 1.165) is 24.2 Å². The number of nitrogens with zero attached hydrogens (tertiary/aromatic N) is 1. The molecule has 5 nitrogen and oxygen atoms in total. The van der Waals surface area contributed by atoms with Crippen LogP contribution in [0.25, 0.3) is 0 Å². The minimum Gasteiger partial charge on any atom is -0.465 e. The van der Waals surface area contributed by atoms with Crippen molar-refractivity contribution >= 4 is 12.4 Å². The van der Waals surface area contributed by atoms with E-state index in [-0.39, 0.29) is 12.6 Å². The molecule has 0 spiro atoms. The molecule has 0 aromatic rings. The smallest absolute Gasteiger partial charge is 0.407 e. The normalized spacial score (nSPS) is 12.4. The molecule has 0 bridgehead atoms. The highest BCUT2D eigenvalue weighted by atomic mass is 16.4.